The van der Waals surface area contributed by atoms with Crippen molar-refractivity contribution in [2.75, 3.05) is 26.2 Å². The molecule has 0 N–H and O–H groups in total. The van der Waals surface area contributed by atoms with Crippen molar-refractivity contribution in [2.24, 2.45) is 11.8 Å². The second-order valence-corrected chi connectivity index (χ2v) is 5.58. The Morgan fingerprint density at radius 1 is 1.31 bits per heavy atom. The first-order chi connectivity index (χ1) is 7.66. The zero-order valence-electron chi connectivity index (χ0n) is 10.5. The van der Waals surface area contributed by atoms with Crippen LogP contribution in [-0.2, 0) is 4.74 Å². The van der Waals surface area contributed by atoms with E-state index in [1.165, 1.54) is 12.8 Å². The second-order valence-electron chi connectivity index (χ2n) is 5.58. The highest BCUT2D eigenvalue weighted by Gasteiger charge is 2.32. The lowest BCUT2D eigenvalue weighted by atomic mass is 9.93. The fourth-order valence-electron chi connectivity index (χ4n) is 2.91. The van der Waals surface area contributed by atoms with Gasteiger partial charge in [0.15, 0.2) is 0 Å². The molecule has 2 aliphatic heterocycles. The predicted octanol–water partition coefficient (Wildman–Crippen LogP) is 2.48. The number of hydrogen-bond acceptors (Lipinski definition) is 2. The van der Waals surface area contributed by atoms with Crippen molar-refractivity contribution in [3.63, 3.8) is 0 Å². The van der Waals surface area contributed by atoms with Crippen molar-refractivity contribution in [1.82, 2.24) is 4.90 Å². The first-order valence-corrected chi connectivity index (χ1v) is 6.65. The molecule has 2 fully saturated rings. The summed E-state index contributed by atoms with van der Waals surface area (Å²) < 4.78 is 19.3. The summed E-state index contributed by atoms with van der Waals surface area (Å²) in [6.07, 6.45) is 2.63. The fraction of sp³-hybridized carbons (Fsp3) is 1.00. The Labute approximate surface area is 98.1 Å². The maximum Gasteiger partial charge on any atom is 0.107 e. The summed E-state index contributed by atoms with van der Waals surface area (Å²) in [5.74, 6) is 0.847. The van der Waals surface area contributed by atoms with Crippen LogP contribution in [0.5, 0.6) is 0 Å². The lowest BCUT2D eigenvalue weighted by molar-refractivity contribution is -0.0755. The quantitative estimate of drug-likeness (QED) is 0.721. The minimum atomic E-state index is -0.666. The molecule has 0 bridgehead atoms. The summed E-state index contributed by atoms with van der Waals surface area (Å²) in [6.45, 7) is 8.13. The lowest BCUT2D eigenvalue weighted by Gasteiger charge is -2.38. The monoisotopic (exact) mass is 229 g/mol. The largest absolute Gasteiger partial charge is 0.376 e. The molecule has 94 valence electrons. The minimum Gasteiger partial charge on any atom is -0.376 e. The molecular formula is C13H24FNO. The van der Waals surface area contributed by atoms with Gasteiger partial charge in [-0.1, -0.05) is 13.8 Å². The van der Waals surface area contributed by atoms with Gasteiger partial charge in [-0.2, -0.15) is 0 Å². The van der Waals surface area contributed by atoms with E-state index in [1.807, 2.05) is 6.92 Å². The van der Waals surface area contributed by atoms with E-state index in [4.69, 9.17) is 4.74 Å². The summed E-state index contributed by atoms with van der Waals surface area (Å²) in [7, 11) is 0. The molecule has 2 nitrogen and oxygen atoms in total. The zero-order valence-corrected chi connectivity index (χ0v) is 10.5. The van der Waals surface area contributed by atoms with Crippen molar-refractivity contribution < 1.29 is 9.13 Å². The van der Waals surface area contributed by atoms with Crippen LogP contribution in [0.15, 0.2) is 0 Å². The number of likely N-dealkylation sites (tertiary alicyclic amines) is 1. The maximum absolute atomic E-state index is 13.6. The highest BCUT2D eigenvalue weighted by molar-refractivity contribution is 4.82. The molecule has 4 atom stereocenters. The average Bonchev–Trinajstić information content (AvgIpc) is 2.25. The molecule has 2 aliphatic rings. The van der Waals surface area contributed by atoms with E-state index >= 15 is 0 Å². The molecule has 2 rings (SSSR count). The van der Waals surface area contributed by atoms with Crippen LogP contribution < -0.4 is 0 Å². The van der Waals surface area contributed by atoms with Gasteiger partial charge >= 0.3 is 0 Å². The number of halogens is 1. The number of rotatable bonds is 2. The average molecular weight is 229 g/mol. The Balaban J connectivity index is 1.83. The first-order valence-electron chi connectivity index (χ1n) is 6.65. The highest BCUT2D eigenvalue weighted by atomic mass is 19.1. The van der Waals surface area contributed by atoms with Crippen LogP contribution in [0.25, 0.3) is 0 Å². The SMILES string of the molecule is CC1C(CN2CCC[C@H](C)C2)OCC[C@@H]1F. The van der Waals surface area contributed by atoms with Gasteiger partial charge in [-0.15, -0.1) is 0 Å². The second kappa shape index (κ2) is 5.46. The van der Waals surface area contributed by atoms with E-state index in [0.29, 0.717) is 13.0 Å². The van der Waals surface area contributed by atoms with Gasteiger partial charge in [0.25, 0.3) is 0 Å². The first kappa shape index (κ1) is 12.3. The Morgan fingerprint density at radius 2 is 2.12 bits per heavy atom. The van der Waals surface area contributed by atoms with Crippen molar-refractivity contribution in [3.8, 4) is 0 Å². The molecule has 0 spiro atoms. The summed E-state index contributed by atoms with van der Waals surface area (Å²) in [6, 6.07) is 0. The lowest BCUT2D eigenvalue weighted by Crippen LogP contribution is -2.46. The predicted molar refractivity (Wildman–Crippen MR) is 63.3 cm³/mol. The molecule has 0 aromatic rings. The number of alkyl halides is 1. The van der Waals surface area contributed by atoms with Gasteiger partial charge in [0, 0.05) is 32.0 Å². The van der Waals surface area contributed by atoms with Gasteiger partial charge in [0.2, 0.25) is 0 Å². The molecule has 0 aromatic carbocycles. The van der Waals surface area contributed by atoms with E-state index in [1.54, 1.807) is 0 Å². The van der Waals surface area contributed by atoms with Crippen molar-refractivity contribution in [2.45, 2.75) is 45.4 Å². The molecule has 2 heterocycles. The van der Waals surface area contributed by atoms with Gasteiger partial charge in [-0.3, -0.25) is 0 Å². The molecule has 0 aromatic heterocycles. The third-order valence-corrected chi connectivity index (χ3v) is 4.06. The Hall–Kier alpha value is -0.150. The van der Waals surface area contributed by atoms with E-state index in [-0.39, 0.29) is 12.0 Å². The molecule has 0 radical (unpaired) electrons. The summed E-state index contributed by atoms with van der Waals surface area (Å²) >= 11 is 0. The number of ether oxygens (including phenoxy) is 1. The minimum absolute atomic E-state index is 0.0611. The van der Waals surface area contributed by atoms with Crippen LogP contribution in [0.4, 0.5) is 4.39 Å². The van der Waals surface area contributed by atoms with Crippen molar-refractivity contribution in [3.05, 3.63) is 0 Å². The topological polar surface area (TPSA) is 12.5 Å². The molecule has 3 heteroatoms. The third-order valence-electron chi connectivity index (χ3n) is 4.06. The van der Waals surface area contributed by atoms with Crippen LogP contribution in [-0.4, -0.2) is 43.4 Å². The molecule has 16 heavy (non-hydrogen) atoms. The summed E-state index contributed by atoms with van der Waals surface area (Å²) in [5, 5.41) is 0. The van der Waals surface area contributed by atoms with E-state index in [0.717, 1.165) is 25.6 Å². The van der Waals surface area contributed by atoms with E-state index < -0.39 is 6.17 Å². The number of hydrogen-bond donors (Lipinski definition) is 0. The Kier molecular flexibility index (Phi) is 4.20. The normalized spacial score (nSPS) is 42.2. The molecule has 0 aliphatic carbocycles. The van der Waals surface area contributed by atoms with Crippen LogP contribution in [0.3, 0.4) is 0 Å². The van der Waals surface area contributed by atoms with Crippen molar-refractivity contribution in [1.29, 1.82) is 0 Å². The fourth-order valence-corrected chi connectivity index (χ4v) is 2.91. The molecule has 2 saturated heterocycles. The zero-order chi connectivity index (χ0) is 11.5. The van der Waals surface area contributed by atoms with E-state index in [9.17, 15) is 4.39 Å². The van der Waals surface area contributed by atoms with Gasteiger partial charge in [-0.25, -0.2) is 4.39 Å². The van der Waals surface area contributed by atoms with Crippen LogP contribution in [0.2, 0.25) is 0 Å². The van der Waals surface area contributed by atoms with Gasteiger partial charge in [0.05, 0.1) is 6.10 Å². The van der Waals surface area contributed by atoms with Gasteiger partial charge in [0.1, 0.15) is 6.17 Å². The molecule has 2 unspecified atom stereocenters. The Bertz CT molecular complexity index is 224. The smallest absolute Gasteiger partial charge is 0.107 e. The molecule has 0 saturated carbocycles. The molecular weight excluding hydrogens is 205 g/mol. The van der Waals surface area contributed by atoms with Crippen LogP contribution >= 0.6 is 0 Å². The van der Waals surface area contributed by atoms with Crippen molar-refractivity contribution >= 4 is 0 Å². The van der Waals surface area contributed by atoms with Gasteiger partial charge < -0.3 is 9.64 Å². The number of piperidine rings is 1. The summed E-state index contributed by atoms with van der Waals surface area (Å²) in [4.78, 5) is 2.45. The molecule has 0 amide bonds. The standard InChI is InChI=1S/C13H24FNO/c1-10-4-3-6-15(8-10)9-13-11(2)12(14)5-7-16-13/h10-13H,3-9H2,1-2H3/t10-,11?,12-,13?/m0/s1. The number of nitrogens with zero attached hydrogens (tertiary/aromatic N) is 1. The van der Waals surface area contributed by atoms with Crippen LogP contribution in [0, 0.1) is 11.8 Å². The summed E-state index contributed by atoms with van der Waals surface area (Å²) in [5.41, 5.74) is 0. The van der Waals surface area contributed by atoms with Gasteiger partial charge in [-0.05, 0) is 25.3 Å². The maximum atomic E-state index is 13.6. The van der Waals surface area contributed by atoms with Crippen LogP contribution in [0.1, 0.15) is 33.1 Å². The Morgan fingerprint density at radius 3 is 2.88 bits per heavy atom. The third kappa shape index (κ3) is 2.95. The van der Waals surface area contributed by atoms with E-state index in [2.05, 4.69) is 11.8 Å². The highest BCUT2D eigenvalue weighted by Crippen LogP contribution is 2.25.